The van der Waals surface area contributed by atoms with E-state index in [1.54, 1.807) is 4.68 Å². The van der Waals surface area contributed by atoms with Gasteiger partial charge in [0.25, 0.3) is 5.91 Å². The lowest BCUT2D eigenvalue weighted by molar-refractivity contribution is -0.122. The van der Waals surface area contributed by atoms with Gasteiger partial charge in [-0.05, 0) is 36.8 Å². The molecular formula is C19H16BrN3O2. The third-order valence-corrected chi connectivity index (χ3v) is 4.57. The molecule has 0 fully saturated rings. The Bertz CT molecular complexity index is 926. The van der Waals surface area contributed by atoms with Crippen LogP contribution in [-0.2, 0) is 11.2 Å². The summed E-state index contributed by atoms with van der Waals surface area (Å²) in [5, 5.41) is 7.43. The molecule has 1 atom stereocenters. The fourth-order valence-corrected chi connectivity index (χ4v) is 3.32. The minimum Gasteiger partial charge on any atom is -0.480 e. The molecule has 5 nitrogen and oxygen atoms in total. The highest BCUT2D eigenvalue weighted by molar-refractivity contribution is 9.10. The van der Waals surface area contributed by atoms with Gasteiger partial charge >= 0.3 is 0 Å². The lowest BCUT2D eigenvalue weighted by atomic mass is 10.1. The van der Waals surface area contributed by atoms with Crippen molar-refractivity contribution in [1.82, 2.24) is 9.78 Å². The zero-order valence-corrected chi connectivity index (χ0v) is 15.2. The SMILES string of the molecule is Cc1cc(NC(=O)[C@@H]2Cc3ccccc3O2)n(-c2cccc(Br)c2)n1. The number of fused-ring (bicyclic) bond motifs is 1. The molecule has 1 amide bonds. The van der Waals surface area contributed by atoms with Crippen molar-refractivity contribution in [2.24, 2.45) is 0 Å². The number of rotatable bonds is 3. The summed E-state index contributed by atoms with van der Waals surface area (Å²) in [6, 6.07) is 17.3. The normalized spacial score (nSPS) is 15.5. The highest BCUT2D eigenvalue weighted by Gasteiger charge is 2.29. The third-order valence-electron chi connectivity index (χ3n) is 4.08. The van der Waals surface area contributed by atoms with Gasteiger partial charge in [-0.2, -0.15) is 5.10 Å². The highest BCUT2D eigenvalue weighted by atomic mass is 79.9. The second-order valence-electron chi connectivity index (χ2n) is 5.97. The first-order valence-electron chi connectivity index (χ1n) is 7.98. The van der Waals surface area contributed by atoms with Crippen LogP contribution in [0.5, 0.6) is 5.75 Å². The smallest absolute Gasteiger partial charge is 0.266 e. The minimum absolute atomic E-state index is 0.174. The molecule has 0 radical (unpaired) electrons. The number of nitrogens with zero attached hydrogens (tertiary/aromatic N) is 2. The van der Waals surface area contributed by atoms with Crippen LogP contribution in [0.25, 0.3) is 5.69 Å². The van der Waals surface area contributed by atoms with Crippen molar-refractivity contribution in [1.29, 1.82) is 0 Å². The van der Waals surface area contributed by atoms with Crippen LogP contribution < -0.4 is 10.1 Å². The third kappa shape index (κ3) is 3.17. The number of aryl methyl sites for hydroxylation is 1. The molecule has 1 aliphatic heterocycles. The van der Waals surface area contributed by atoms with Gasteiger partial charge in [0.1, 0.15) is 11.6 Å². The first-order chi connectivity index (χ1) is 12.1. The molecule has 1 aliphatic rings. The number of hydrogen-bond acceptors (Lipinski definition) is 3. The average molecular weight is 398 g/mol. The van der Waals surface area contributed by atoms with Crippen LogP contribution in [0.3, 0.4) is 0 Å². The predicted octanol–water partition coefficient (Wildman–Crippen LogP) is 3.89. The lowest BCUT2D eigenvalue weighted by Gasteiger charge is -2.13. The maximum absolute atomic E-state index is 12.7. The Labute approximate surface area is 153 Å². The Balaban J connectivity index is 1.57. The monoisotopic (exact) mass is 397 g/mol. The first kappa shape index (κ1) is 15.9. The van der Waals surface area contributed by atoms with Gasteiger partial charge in [0, 0.05) is 17.0 Å². The Morgan fingerprint density at radius 2 is 2.08 bits per heavy atom. The topological polar surface area (TPSA) is 56.1 Å². The van der Waals surface area contributed by atoms with Gasteiger partial charge in [-0.1, -0.05) is 40.2 Å². The van der Waals surface area contributed by atoms with E-state index in [1.165, 1.54) is 0 Å². The summed E-state index contributed by atoms with van der Waals surface area (Å²) in [4.78, 5) is 12.7. The molecule has 0 saturated carbocycles. The number of amides is 1. The Morgan fingerprint density at radius 3 is 2.88 bits per heavy atom. The summed E-state index contributed by atoms with van der Waals surface area (Å²) in [6.45, 7) is 1.89. The maximum Gasteiger partial charge on any atom is 0.266 e. The molecule has 0 unspecified atom stereocenters. The molecule has 126 valence electrons. The van der Waals surface area contributed by atoms with E-state index in [-0.39, 0.29) is 5.91 Å². The molecule has 2 aromatic carbocycles. The van der Waals surface area contributed by atoms with Gasteiger partial charge < -0.3 is 10.1 Å². The molecule has 0 aliphatic carbocycles. The second-order valence-corrected chi connectivity index (χ2v) is 6.89. The highest BCUT2D eigenvalue weighted by Crippen LogP contribution is 2.29. The van der Waals surface area contributed by atoms with Crippen molar-refractivity contribution >= 4 is 27.7 Å². The van der Waals surface area contributed by atoms with Crippen LogP contribution in [0.15, 0.2) is 59.1 Å². The number of halogens is 1. The second kappa shape index (κ2) is 6.37. The van der Waals surface area contributed by atoms with E-state index in [9.17, 15) is 4.79 Å². The van der Waals surface area contributed by atoms with Crippen molar-refractivity contribution in [2.75, 3.05) is 5.32 Å². The number of aromatic nitrogens is 2. The van der Waals surface area contributed by atoms with Crippen LogP contribution in [-0.4, -0.2) is 21.8 Å². The van der Waals surface area contributed by atoms with Gasteiger partial charge in [0.15, 0.2) is 6.10 Å². The van der Waals surface area contributed by atoms with Crippen molar-refractivity contribution in [3.63, 3.8) is 0 Å². The van der Waals surface area contributed by atoms with Gasteiger partial charge in [-0.3, -0.25) is 4.79 Å². The Kier molecular flexibility index (Phi) is 4.05. The first-order valence-corrected chi connectivity index (χ1v) is 8.77. The number of nitrogens with one attached hydrogen (secondary N) is 1. The zero-order chi connectivity index (χ0) is 17.4. The van der Waals surface area contributed by atoms with Crippen LogP contribution in [0.2, 0.25) is 0 Å². The molecule has 25 heavy (non-hydrogen) atoms. The maximum atomic E-state index is 12.7. The standard InChI is InChI=1S/C19H16BrN3O2/c1-12-9-18(23(22-12)15-7-4-6-14(20)11-15)21-19(24)17-10-13-5-2-3-8-16(13)25-17/h2-9,11,17H,10H2,1H3,(H,21,24)/t17-/m0/s1. The molecule has 1 aromatic heterocycles. The summed E-state index contributed by atoms with van der Waals surface area (Å²) in [5.41, 5.74) is 2.75. The molecule has 6 heteroatoms. The molecule has 0 saturated heterocycles. The molecular weight excluding hydrogens is 382 g/mol. The molecule has 0 bridgehead atoms. The molecule has 2 heterocycles. The fraction of sp³-hybridized carbons (Fsp3) is 0.158. The number of carbonyl (C=O) groups is 1. The summed E-state index contributed by atoms with van der Waals surface area (Å²) < 4.78 is 8.43. The van der Waals surface area contributed by atoms with E-state index in [2.05, 4.69) is 26.3 Å². The number of hydrogen-bond donors (Lipinski definition) is 1. The van der Waals surface area contributed by atoms with E-state index in [1.807, 2.05) is 61.5 Å². The van der Waals surface area contributed by atoms with Crippen LogP contribution in [0, 0.1) is 6.92 Å². The summed E-state index contributed by atoms with van der Waals surface area (Å²) in [7, 11) is 0. The lowest BCUT2D eigenvalue weighted by Crippen LogP contribution is -2.32. The molecule has 3 aromatic rings. The van der Waals surface area contributed by atoms with Gasteiger partial charge in [0.05, 0.1) is 11.4 Å². The van der Waals surface area contributed by atoms with Crippen molar-refractivity contribution in [3.05, 3.63) is 70.3 Å². The minimum atomic E-state index is -0.524. The molecule has 1 N–H and O–H groups in total. The zero-order valence-electron chi connectivity index (χ0n) is 13.6. The van der Waals surface area contributed by atoms with Crippen LogP contribution in [0.1, 0.15) is 11.3 Å². The molecule has 4 rings (SSSR count). The quantitative estimate of drug-likeness (QED) is 0.729. The Morgan fingerprint density at radius 1 is 1.24 bits per heavy atom. The number of carbonyl (C=O) groups excluding carboxylic acids is 1. The van der Waals surface area contributed by atoms with Gasteiger partial charge in [-0.25, -0.2) is 4.68 Å². The number of benzene rings is 2. The van der Waals surface area contributed by atoms with E-state index in [0.29, 0.717) is 12.2 Å². The summed E-state index contributed by atoms with van der Waals surface area (Å²) in [5.74, 6) is 1.23. The average Bonchev–Trinajstić information content (AvgIpc) is 3.18. The van der Waals surface area contributed by atoms with E-state index in [4.69, 9.17) is 4.74 Å². The number of anilines is 1. The van der Waals surface area contributed by atoms with Gasteiger partial charge in [-0.15, -0.1) is 0 Å². The van der Waals surface area contributed by atoms with Crippen LogP contribution in [0.4, 0.5) is 5.82 Å². The summed E-state index contributed by atoms with van der Waals surface area (Å²) >= 11 is 3.46. The van der Waals surface area contributed by atoms with Crippen molar-refractivity contribution in [2.45, 2.75) is 19.4 Å². The van der Waals surface area contributed by atoms with Crippen LogP contribution >= 0.6 is 15.9 Å². The van der Waals surface area contributed by atoms with Crippen molar-refractivity contribution < 1.29 is 9.53 Å². The van der Waals surface area contributed by atoms with Gasteiger partial charge in [0.2, 0.25) is 0 Å². The van der Waals surface area contributed by atoms with E-state index < -0.39 is 6.10 Å². The largest absolute Gasteiger partial charge is 0.480 e. The molecule has 0 spiro atoms. The van der Waals surface area contributed by atoms with E-state index in [0.717, 1.165) is 27.2 Å². The Hall–Kier alpha value is -2.60. The van der Waals surface area contributed by atoms with E-state index >= 15 is 0 Å². The van der Waals surface area contributed by atoms with Crippen molar-refractivity contribution in [3.8, 4) is 11.4 Å². The number of para-hydroxylation sites is 1. The number of ether oxygens (including phenoxy) is 1. The fourth-order valence-electron chi connectivity index (χ4n) is 2.93. The summed E-state index contributed by atoms with van der Waals surface area (Å²) in [6.07, 6.45) is 0.0509. The predicted molar refractivity (Wildman–Crippen MR) is 99.2 cm³/mol.